The number of anilines is 1. The summed E-state index contributed by atoms with van der Waals surface area (Å²) in [5.41, 5.74) is 5.88. The number of rotatable bonds is 7. The second-order valence-corrected chi connectivity index (χ2v) is 9.27. The van der Waals surface area contributed by atoms with Crippen molar-refractivity contribution in [1.29, 1.82) is 0 Å². The largest absolute Gasteiger partial charge is 0.340 e. The molecule has 0 aliphatic heterocycles. The first-order chi connectivity index (χ1) is 18.5. The number of amides is 1. The van der Waals surface area contributed by atoms with Crippen LogP contribution in [0.25, 0.3) is 39.3 Å². The first kappa shape index (κ1) is 23.5. The number of H-pyrrole nitrogens is 2. The van der Waals surface area contributed by atoms with Crippen molar-refractivity contribution in [3.63, 3.8) is 0 Å². The summed E-state index contributed by atoms with van der Waals surface area (Å²) in [7, 11) is 0. The Morgan fingerprint density at radius 2 is 1.97 bits per heavy atom. The van der Waals surface area contributed by atoms with Gasteiger partial charge in [-0.3, -0.25) is 14.9 Å². The number of imidazole rings is 1. The number of pyridine rings is 2. The molecule has 5 aromatic rings. The van der Waals surface area contributed by atoms with Gasteiger partial charge in [-0.2, -0.15) is 5.10 Å². The van der Waals surface area contributed by atoms with Gasteiger partial charge in [0.2, 0.25) is 5.91 Å². The van der Waals surface area contributed by atoms with E-state index in [4.69, 9.17) is 4.98 Å². The molecule has 0 unspecified atom stereocenters. The maximum atomic E-state index is 14.6. The SMILES string of the molecule is C=C/C=C(/c1ccccc1F)c1nc(-c2n[nH]c3ncc(-c4cncc(NC(=O)C5CC5)c4)cc23)[nH]c1C. The summed E-state index contributed by atoms with van der Waals surface area (Å²) in [6.07, 6.45) is 10.3. The van der Waals surface area contributed by atoms with Crippen LogP contribution in [0.5, 0.6) is 0 Å². The fourth-order valence-electron chi connectivity index (χ4n) is 4.43. The molecule has 8 nitrogen and oxygen atoms in total. The molecule has 0 atom stereocenters. The van der Waals surface area contributed by atoms with E-state index in [0.717, 1.165) is 35.0 Å². The van der Waals surface area contributed by atoms with E-state index in [1.165, 1.54) is 6.07 Å². The Morgan fingerprint density at radius 1 is 1.16 bits per heavy atom. The van der Waals surface area contributed by atoms with E-state index in [1.807, 2.05) is 19.1 Å². The fourth-order valence-corrected chi connectivity index (χ4v) is 4.43. The minimum absolute atomic E-state index is 0.0268. The minimum atomic E-state index is -0.340. The molecule has 0 saturated heterocycles. The summed E-state index contributed by atoms with van der Waals surface area (Å²) in [5.74, 6) is 0.316. The second kappa shape index (κ2) is 9.51. The van der Waals surface area contributed by atoms with Crippen molar-refractivity contribution >= 4 is 28.2 Å². The van der Waals surface area contributed by atoms with Crippen LogP contribution in [-0.4, -0.2) is 36.0 Å². The molecule has 1 amide bonds. The Labute approximate surface area is 217 Å². The third-order valence-electron chi connectivity index (χ3n) is 6.52. The number of benzene rings is 1. The van der Waals surface area contributed by atoms with Crippen LogP contribution in [0.4, 0.5) is 10.1 Å². The van der Waals surface area contributed by atoms with E-state index in [9.17, 15) is 9.18 Å². The zero-order chi connectivity index (χ0) is 26.2. The molecule has 9 heteroatoms. The van der Waals surface area contributed by atoms with Crippen molar-refractivity contribution in [2.24, 2.45) is 5.92 Å². The van der Waals surface area contributed by atoms with E-state index in [2.05, 4.69) is 37.0 Å². The molecule has 4 aromatic heterocycles. The summed E-state index contributed by atoms with van der Waals surface area (Å²) in [6.45, 7) is 5.67. The molecule has 188 valence electrons. The van der Waals surface area contributed by atoms with Crippen molar-refractivity contribution in [1.82, 2.24) is 30.1 Å². The van der Waals surface area contributed by atoms with Crippen LogP contribution in [0.2, 0.25) is 0 Å². The molecule has 0 spiro atoms. The van der Waals surface area contributed by atoms with Gasteiger partial charge in [0.05, 0.1) is 23.0 Å². The Kier molecular flexibility index (Phi) is 5.88. The molecule has 1 saturated carbocycles. The average molecular weight is 506 g/mol. The van der Waals surface area contributed by atoms with Crippen molar-refractivity contribution in [3.8, 4) is 22.6 Å². The predicted octanol–water partition coefficient (Wildman–Crippen LogP) is 5.82. The Bertz CT molecular complexity index is 1730. The monoisotopic (exact) mass is 505 g/mol. The average Bonchev–Trinajstić information content (AvgIpc) is 3.59. The quantitative estimate of drug-likeness (QED) is 0.241. The van der Waals surface area contributed by atoms with Crippen LogP contribution in [-0.2, 0) is 4.79 Å². The fraction of sp³-hybridized carbons (Fsp3) is 0.138. The van der Waals surface area contributed by atoms with Gasteiger partial charge in [0.1, 0.15) is 11.5 Å². The number of aryl methyl sites for hydroxylation is 1. The highest BCUT2D eigenvalue weighted by Crippen LogP contribution is 2.33. The number of nitrogens with zero attached hydrogens (tertiary/aromatic N) is 4. The Morgan fingerprint density at radius 3 is 2.76 bits per heavy atom. The van der Waals surface area contributed by atoms with Gasteiger partial charge in [-0.25, -0.2) is 14.4 Å². The number of hydrogen-bond acceptors (Lipinski definition) is 5. The Hall–Kier alpha value is -4.92. The number of aromatic nitrogens is 6. The molecule has 0 bridgehead atoms. The third kappa shape index (κ3) is 4.39. The van der Waals surface area contributed by atoms with Gasteiger partial charge in [-0.15, -0.1) is 0 Å². The normalized spacial score (nSPS) is 13.6. The standard InChI is InChI=1S/C29H24FN7O/c1-3-6-22(21-7-4-5-8-24(21)30)25-16(2)33-28(35-25)26-23-12-19(14-32-27(23)37-36-26)18-11-20(15-31-13-18)34-29(38)17-9-10-17/h3-8,11-15,17H,1,9-10H2,2H3,(H,33,35)(H,34,38)(H,32,36,37)/b22-6-. The van der Waals surface area contributed by atoms with Crippen molar-refractivity contribution < 1.29 is 9.18 Å². The molecule has 1 fully saturated rings. The molecular weight excluding hydrogens is 481 g/mol. The first-order valence-electron chi connectivity index (χ1n) is 12.3. The molecule has 1 aromatic carbocycles. The van der Waals surface area contributed by atoms with Crippen molar-refractivity contribution in [2.45, 2.75) is 19.8 Å². The molecular formula is C29H24FN7O. The molecule has 38 heavy (non-hydrogen) atoms. The van der Waals surface area contributed by atoms with E-state index < -0.39 is 0 Å². The highest BCUT2D eigenvalue weighted by atomic mass is 19.1. The topological polar surface area (TPSA) is 112 Å². The van der Waals surface area contributed by atoms with Crippen LogP contribution in [0.3, 0.4) is 0 Å². The third-order valence-corrected chi connectivity index (χ3v) is 6.52. The molecule has 6 rings (SSSR count). The highest BCUT2D eigenvalue weighted by molar-refractivity contribution is 5.95. The smallest absolute Gasteiger partial charge is 0.227 e. The maximum Gasteiger partial charge on any atom is 0.227 e. The summed E-state index contributed by atoms with van der Waals surface area (Å²) in [5, 5.41) is 11.1. The van der Waals surface area contributed by atoms with Crippen LogP contribution in [0.15, 0.2) is 73.7 Å². The summed E-state index contributed by atoms with van der Waals surface area (Å²) in [6, 6.07) is 10.4. The van der Waals surface area contributed by atoms with Gasteiger partial charge in [0.25, 0.3) is 0 Å². The number of aromatic amines is 2. The predicted molar refractivity (Wildman–Crippen MR) is 144 cm³/mol. The summed E-state index contributed by atoms with van der Waals surface area (Å²) < 4.78 is 14.6. The van der Waals surface area contributed by atoms with E-state index in [1.54, 1.807) is 48.9 Å². The van der Waals surface area contributed by atoms with Gasteiger partial charge in [0.15, 0.2) is 11.5 Å². The van der Waals surface area contributed by atoms with Crippen LogP contribution >= 0.6 is 0 Å². The van der Waals surface area contributed by atoms with Gasteiger partial charge < -0.3 is 10.3 Å². The van der Waals surface area contributed by atoms with E-state index in [0.29, 0.717) is 39.7 Å². The van der Waals surface area contributed by atoms with Gasteiger partial charge in [-0.05, 0) is 38.0 Å². The number of carbonyl (C=O) groups is 1. The number of halogens is 1. The second-order valence-electron chi connectivity index (χ2n) is 9.27. The van der Waals surface area contributed by atoms with Gasteiger partial charge in [-0.1, -0.05) is 36.9 Å². The molecule has 1 aliphatic carbocycles. The van der Waals surface area contributed by atoms with Crippen molar-refractivity contribution in [2.75, 3.05) is 5.32 Å². The first-order valence-corrected chi connectivity index (χ1v) is 12.3. The summed E-state index contributed by atoms with van der Waals surface area (Å²) >= 11 is 0. The van der Waals surface area contributed by atoms with Crippen LogP contribution < -0.4 is 5.32 Å². The molecule has 4 heterocycles. The number of nitrogens with one attached hydrogen (secondary N) is 3. The number of allylic oxidation sites excluding steroid dienone is 2. The molecule has 3 N–H and O–H groups in total. The number of hydrogen-bond donors (Lipinski definition) is 3. The van der Waals surface area contributed by atoms with Crippen LogP contribution in [0, 0.1) is 18.7 Å². The van der Waals surface area contributed by atoms with Crippen LogP contribution in [0.1, 0.15) is 29.8 Å². The molecule has 0 radical (unpaired) electrons. The van der Waals surface area contributed by atoms with E-state index >= 15 is 0 Å². The van der Waals surface area contributed by atoms with Crippen molar-refractivity contribution in [3.05, 3.63) is 96.5 Å². The molecule has 1 aliphatic rings. The zero-order valence-electron chi connectivity index (χ0n) is 20.6. The summed E-state index contributed by atoms with van der Waals surface area (Å²) in [4.78, 5) is 29.1. The number of carbonyl (C=O) groups excluding carboxylic acids is 1. The minimum Gasteiger partial charge on any atom is -0.340 e. The van der Waals surface area contributed by atoms with Gasteiger partial charge in [0, 0.05) is 46.3 Å². The lowest BCUT2D eigenvalue weighted by molar-refractivity contribution is -0.117. The lowest BCUT2D eigenvalue weighted by Gasteiger charge is -2.07. The lowest BCUT2D eigenvalue weighted by Crippen LogP contribution is -2.13. The lowest BCUT2D eigenvalue weighted by atomic mass is 10.0. The zero-order valence-corrected chi connectivity index (χ0v) is 20.6. The maximum absolute atomic E-state index is 14.6. The Balaban J connectivity index is 1.38. The van der Waals surface area contributed by atoms with E-state index in [-0.39, 0.29) is 17.6 Å². The highest BCUT2D eigenvalue weighted by Gasteiger charge is 2.29. The number of fused-ring (bicyclic) bond motifs is 1. The van der Waals surface area contributed by atoms with Gasteiger partial charge >= 0.3 is 0 Å².